The van der Waals surface area contributed by atoms with Gasteiger partial charge < -0.3 is 24.0 Å². The summed E-state index contributed by atoms with van der Waals surface area (Å²) in [6.45, 7) is 13.3. The third kappa shape index (κ3) is 4.82. The first-order chi connectivity index (χ1) is 19.1. The van der Waals surface area contributed by atoms with E-state index in [2.05, 4.69) is 50.8 Å². The first-order valence-corrected chi connectivity index (χ1v) is 15.1. The summed E-state index contributed by atoms with van der Waals surface area (Å²) in [5.74, 6) is -0.579. The summed E-state index contributed by atoms with van der Waals surface area (Å²) in [5.41, 5.74) is 3.02. The molecule has 220 valence electrons. The molecule has 5 saturated heterocycles. The van der Waals surface area contributed by atoms with Crippen LogP contribution < -0.4 is 4.90 Å². The van der Waals surface area contributed by atoms with Gasteiger partial charge in [0.15, 0.2) is 11.9 Å². The Morgan fingerprint density at radius 3 is 2.55 bits per heavy atom. The van der Waals surface area contributed by atoms with Gasteiger partial charge in [-0.25, -0.2) is 9.78 Å². The first-order valence-electron chi connectivity index (χ1n) is 15.1. The summed E-state index contributed by atoms with van der Waals surface area (Å²) >= 11 is 0. The second kappa shape index (κ2) is 10.6. The Kier molecular flexibility index (Phi) is 7.38. The number of anilines is 1. The molecule has 1 aliphatic carbocycles. The fourth-order valence-electron chi connectivity index (χ4n) is 7.82. The number of hydrogen-bond acceptors (Lipinski definition) is 8. The maximum absolute atomic E-state index is 13.0. The van der Waals surface area contributed by atoms with Crippen molar-refractivity contribution in [1.82, 2.24) is 4.90 Å². The highest BCUT2D eigenvalue weighted by Gasteiger charge is 2.69. The number of carbonyl (C=O) groups excluding carboxylic acids is 2. The van der Waals surface area contributed by atoms with Crippen molar-refractivity contribution in [3.8, 4) is 0 Å². The summed E-state index contributed by atoms with van der Waals surface area (Å²) in [5, 5.41) is 0. The average Bonchev–Trinajstić information content (AvgIpc) is 3.17. The highest BCUT2D eigenvalue weighted by Crippen LogP contribution is 2.60. The zero-order chi connectivity index (χ0) is 28.2. The highest BCUT2D eigenvalue weighted by atomic mass is 17.3. The van der Waals surface area contributed by atoms with Crippen LogP contribution in [0, 0.1) is 37.5 Å². The minimum atomic E-state index is -0.874. The molecule has 0 unspecified atom stereocenters. The molecular weight excluding hydrogens is 512 g/mol. The van der Waals surface area contributed by atoms with Crippen molar-refractivity contribution < 1.29 is 33.6 Å². The molecule has 2 bridgehead atoms. The van der Waals surface area contributed by atoms with Gasteiger partial charge in [0, 0.05) is 56.5 Å². The normalized spacial score (nSPS) is 38.9. The second-order valence-corrected chi connectivity index (χ2v) is 12.9. The number of nitrogens with zero attached hydrogens (tertiary/aromatic N) is 2. The first kappa shape index (κ1) is 27.9. The molecule has 1 aromatic carbocycles. The van der Waals surface area contributed by atoms with Crippen LogP contribution in [0.4, 0.5) is 5.69 Å². The van der Waals surface area contributed by atoms with Crippen LogP contribution in [-0.2, 0) is 33.6 Å². The van der Waals surface area contributed by atoms with E-state index < -0.39 is 29.9 Å². The van der Waals surface area contributed by atoms with E-state index in [0.717, 1.165) is 38.8 Å². The minimum absolute atomic E-state index is 0.0128. The van der Waals surface area contributed by atoms with Crippen LogP contribution in [0.25, 0.3) is 0 Å². The standard InChI is InChI=1S/C31H44N2O7/c1-19-6-7-21(3)25(18-19)32-14-16-33(17-15-32)26(34)10-11-27(35)36-28-22(4)24-9-8-20(2)23-12-13-30(5)38-29(37-28)31(23,24)40-39-30/h6-7,18,20,22-24,28-29H,8-17H2,1-5H3/t20-,22-,23-,24+,28-,29-,30+,31-/m1/s1. The molecule has 9 nitrogen and oxygen atoms in total. The smallest absolute Gasteiger partial charge is 0.308 e. The van der Waals surface area contributed by atoms with Gasteiger partial charge in [0.25, 0.3) is 0 Å². The van der Waals surface area contributed by atoms with E-state index in [1.165, 1.54) is 16.8 Å². The molecule has 0 N–H and O–H groups in total. The number of hydrogen-bond donors (Lipinski definition) is 0. The van der Waals surface area contributed by atoms with Crippen molar-refractivity contribution in [3.63, 3.8) is 0 Å². The lowest BCUT2D eigenvalue weighted by atomic mass is 9.58. The van der Waals surface area contributed by atoms with Gasteiger partial charge in [-0.15, -0.1) is 0 Å². The molecule has 40 heavy (non-hydrogen) atoms. The molecule has 7 rings (SSSR count). The molecular formula is C31H44N2O7. The van der Waals surface area contributed by atoms with E-state index in [1.54, 1.807) is 0 Å². The van der Waals surface area contributed by atoms with Gasteiger partial charge in [0.1, 0.15) is 0 Å². The van der Waals surface area contributed by atoms with Crippen molar-refractivity contribution >= 4 is 17.6 Å². The maximum Gasteiger partial charge on any atom is 0.308 e. The Morgan fingerprint density at radius 2 is 1.77 bits per heavy atom. The number of piperazine rings is 1. The summed E-state index contributed by atoms with van der Waals surface area (Å²) in [6.07, 6.45) is 2.46. The molecule has 1 amide bonds. The number of carbonyl (C=O) groups is 2. The fraction of sp³-hybridized carbons (Fsp3) is 0.742. The molecule has 0 aromatic heterocycles. The molecule has 9 heteroatoms. The minimum Gasteiger partial charge on any atom is -0.435 e. The lowest BCUT2D eigenvalue weighted by Crippen LogP contribution is -2.70. The topological polar surface area (TPSA) is 86.8 Å². The van der Waals surface area contributed by atoms with Crippen LogP contribution in [0.3, 0.4) is 0 Å². The largest absolute Gasteiger partial charge is 0.435 e. The van der Waals surface area contributed by atoms with Crippen LogP contribution in [0.1, 0.15) is 70.4 Å². The van der Waals surface area contributed by atoms with Crippen molar-refractivity contribution in [2.45, 2.75) is 97.1 Å². The average molecular weight is 557 g/mol. The molecule has 0 radical (unpaired) electrons. The summed E-state index contributed by atoms with van der Waals surface area (Å²) in [7, 11) is 0. The van der Waals surface area contributed by atoms with Gasteiger partial charge in [-0.3, -0.25) is 9.59 Å². The Hall–Kier alpha value is -2.20. The third-order valence-corrected chi connectivity index (χ3v) is 10.2. The number of rotatable bonds is 5. The van der Waals surface area contributed by atoms with E-state index in [4.69, 9.17) is 24.0 Å². The molecule has 8 atom stereocenters. The van der Waals surface area contributed by atoms with E-state index >= 15 is 0 Å². The lowest BCUT2D eigenvalue weighted by molar-refractivity contribution is -0.576. The molecule has 1 spiro atoms. The van der Waals surface area contributed by atoms with Gasteiger partial charge in [0.2, 0.25) is 18.0 Å². The predicted octanol–water partition coefficient (Wildman–Crippen LogP) is 4.48. The van der Waals surface area contributed by atoms with E-state index in [9.17, 15) is 9.59 Å². The second-order valence-electron chi connectivity index (χ2n) is 12.9. The summed E-state index contributed by atoms with van der Waals surface area (Å²) < 4.78 is 18.6. The van der Waals surface area contributed by atoms with Gasteiger partial charge in [-0.1, -0.05) is 26.0 Å². The lowest BCUT2D eigenvalue weighted by Gasteiger charge is -2.59. The molecule has 6 fully saturated rings. The Morgan fingerprint density at radius 1 is 1.00 bits per heavy atom. The fourth-order valence-corrected chi connectivity index (χ4v) is 7.82. The van der Waals surface area contributed by atoms with Crippen molar-refractivity contribution in [2.75, 3.05) is 31.1 Å². The van der Waals surface area contributed by atoms with E-state index in [1.807, 2.05) is 11.8 Å². The summed E-state index contributed by atoms with van der Waals surface area (Å²) in [4.78, 5) is 42.1. The van der Waals surface area contributed by atoms with Crippen molar-refractivity contribution in [2.24, 2.45) is 23.7 Å². The van der Waals surface area contributed by atoms with Crippen LogP contribution in [0.5, 0.6) is 0 Å². The van der Waals surface area contributed by atoms with Gasteiger partial charge in [0.05, 0.1) is 6.42 Å². The zero-order valence-electron chi connectivity index (χ0n) is 24.5. The molecule has 6 aliphatic rings. The van der Waals surface area contributed by atoms with Crippen molar-refractivity contribution in [3.05, 3.63) is 29.3 Å². The van der Waals surface area contributed by atoms with Crippen LogP contribution in [0.15, 0.2) is 18.2 Å². The molecule has 5 heterocycles. The monoisotopic (exact) mass is 556 g/mol. The Labute approximate surface area is 237 Å². The van der Waals surface area contributed by atoms with Gasteiger partial charge in [-0.2, -0.15) is 0 Å². The number of amides is 1. The summed E-state index contributed by atoms with van der Waals surface area (Å²) in [6, 6.07) is 6.47. The molecule has 1 aromatic rings. The number of benzene rings is 1. The molecule has 5 aliphatic heterocycles. The zero-order valence-corrected chi connectivity index (χ0v) is 24.5. The highest BCUT2D eigenvalue weighted by molar-refractivity contribution is 5.81. The van der Waals surface area contributed by atoms with Crippen LogP contribution >= 0.6 is 0 Å². The maximum atomic E-state index is 13.0. The number of esters is 1. The van der Waals surface area contributed by atoms with Gasteiger partial charge in [-0.05, 0) is 69.1 Å². The number of fused-ring (bicyclic) bond motifs is 2. The quantitative estimate of drug-likeness (QED) is 0.388. The SMILES string of the molecule is Cc1ccc(C)c(N2CCN(C(=O)CCC(=O)O[C@@H]3O[C@@H]4O[C@]5(C)CC[C@@H]6[C@H](C)CC[C@@H]([C@H]3C)[C@@]46OO5)CC2)c1. The molecule has 1 saturated carbocycles. The van der Waals surface area contributed by atoms with E-state index in [-0.39, 0.29) is 36.5 Å². The van der Waals surface area contributed by atoms with Crippen LogP contribution in [0.2, 0.25) is 0 Å². The Bertz CT molecular complexity index is 1140. The predicted molar refractivity (Wildman–Crippen MR) is 147 cm³/mol. The van der Waals surface area contributed by atoms with E-state index in [0.29, 0.717) is 19.0 Å². The Balaban J connectivity index is 1.04. The third-order valence-electron chi connectivity index (χ3n) is 10.2. The van der Waals surface area contributed by atoms with Gasteiger partial charge >= 0.3 is 5.97 Å². The van der Waals surface area contributed by atoms with Crippen molar-refractivity contribution in [1.29, 1.82) is 0 Å². The number of aryl methyl sites for hydroxylation is 2. The van der Waals surface area contributed by atoms with Crippen LogP contribution in [-0.4, -0.2) is 66.9 Å². The number of ether oxygens (including phenoxy) is 3.